The van der Waals surface area contributed by atoms with Gasteiger partial charge in [-0.25, -0.2) is 15.0 Å². The fourth-order valence-corrected chi connectivity index (χ4v) is 2.37. The molecule has 2 aromatic heterocycles. The second kappa shape index (κ2) is 6.12. The fraction of sp³-hybridized carbons (Fsp3) is 0.467. The Hall–Kier alpha value is -2.46. The van der Waals surface area contributed by atoms with Crippen molar-refractivity contribution >= 4 is 22.7 Å². The molecule has 1 aliphatic rings. The molecular formula is C15H18N6O. The number of anilines is 2. The molecule has 1 atom stereocenters. The van der Waals surface area contributed by atoms with Crippen LogP contribution in [0.1, 0.15) is 26.0 Å². The molecule has 1 fully saturated rings. The Labute approximate surface area is 128 Å². The Morgan fingerprint density at radius 3 is 2.95 bits per heavy atom. The van der Waals surface area contributed by atoms with Crippen LogP contribution < -0.4 is 10.6 Å². The molecule has 7 heteroatoms. The summed E-state index contributed by atoms with van der Waals surface area (Å²) in [5.41, 5.74) is 1.06. The van der Waals surface area contributed by atoms with Crippen LogP contribution >= 0.6 is 0 Å². The Balaban J connectivity index is 1.99. The summed E-state index contributed by atoms with van der Waals surface area (Å²) in [6, 6.07) is 4.20. The van der Waals surface area contributed by atoms with Gasteiger partial charge in [0.05, 0.1) is 12.6 Å². The van der Waals surface area contributed by atoms with Gasteiger partial charge in [-0.15, -0.1) is 0 Å². The first kappa shape index (κ1) is 14.5. The molecule has 0 aromatic carbocycles. The van der Waals surface area contributed by atoms with E-state index in [0.717, 1.165) is 18.4 Å². The normalized spacial score (nSPS) is 17.6. The van der Waals surface area contributed by atoms with Gasteiger partial charge in [-0.2, -0.15) is 5.26 Å². The van der Waals surface area contributed by atoms with Crippen molar-refractivity contribution < 1.29 is 4.74 Å². The van der Waals surface area contributed by atoms with Crippen LogP contribution in [0.3, 0.4) is 0 Å². The SMILES string of the molecule is CC(C)Nc1nc(C#N)cc2cnc(N[C@@H]3CCOC3)nc12. The van der Waals surface area contributed by atoms with E-state index in [2.05, 4.69) is 31.7 Å². The summed E-state index contributed by atoms with van der Waals surface area (Å²) < 4.78 is 5.34. The van der Waals surface area contributed by atoms with Crippen LogP contribution in [-0.2, 0) is 4.74 Å². The molecule has 2 N–H and O–H groups in total. The van der Waals surface area contributed by atoms with Gasteiger partial charge < -0.3 is 15.4 Å². The van der Waals surface area contributed by atoms with Gasteiger partial charge in [0, 0.05) is 24.2 Å². The minimum absolute atomic E-state index is 0.194. The molecule has 22 heavy (non-hydrogen) atoms. The van der Waals surface area contributed by atoms with E-state index < -0.39 is 0 Å². The molecule has 114 valence electrons. The summed E-state index contributed by atoms with van der Waals surface area (Å²) in [7, 11) is 0. The number of nitriles is 1. The smallest absolute Gasteiger partial charge is 0.223 e. The van der Waals surface area contributed by atoms with Crippen LogP contribution in [0.2, 0.25) is 0 Å². The van der Waals surface area contributed by atoms with Crippen molar-refractivity contribution in [3.8, 4) is 6.07 Å². The third kappa shape index (κ3) is 3.07. The Bertz CT molecular complexity index is 718. The lowest BCUT2D eigenvalue weighted by Gasteiger charge is -2.14. The van der Waals surface area contributed by atoms with Gasteiger partial charge >= 0.3 is 0 Å². The highest BCUT2D eigenvalue weighted by atomic mass is 16.5. The van der Waals surface area contributed by atoms with E-state index in [4.69, 9.17) is 10.00 Å². The van der Waals surface area contributed by atoms with Gasteiger partial charge in [0.1, 0.15) is 17.3 Å². The molecule has 7 nitrogen and oxygen atoms in total. The van der Waals surface area contributed by atoms with E-state index in [1.54, 1.807) is 12.3 Å². The molecule has 1 aliphatic heterocycles. The van der Waals surface area contributed by atoms with Crippen LogP contribution in [0.15, 0.2) is 12.3 Å². The molecule has 0 amide bonds. The first-order valence-electron chi connectivity index (χ1n) is 7.34. The monoisotopic (exact) mass is 298 g/mol. The second-order valence-electron chi connectivity index (χ2n) is 5.60. The quantitative estimate of drug-likeness (QED) is 0.890. The molecule has 0 unspecified atom stereocenters. The van der Waals surface area contributed by atoms with Crippen LogP contribution in [-0.4, -0.2) is 40.2 Å². The Kier molecular flexibility index (Phi) is 4.02. The van der Waals surface area contributed by atoms with E-state index >= 15 is 0 Å². The molecule has 3 heterocycles. The summed E-state index contributed by atoms with van der Waals surface area (Å²) in [6.07, 6.45) is 2.67. The zero-order valence-electron chi connectivity index (χ0n) is 12.6. The fourth-order valence-electron chi connectivity index (χ4n) is 2.37. The minimum Gasteiger partial charge on any atom is -0.379 e. The van der Waals surface area contributed by atoms with E-state index in [1.165, 1.54) is 0 Å². The largest absolute Gasteiger partial charge is 0.379 e. The van der Waals surface area contributed by atoms with Crippen molar-refractivity contribution in [3.05, 3.63) is 18.0 Å². The summed E-state index contributed by atoms with van der Waals surface area (Å²) in [5.74, 6) is 1.17. The minimum atomic E-state index is 0.194. The summed E-state index contributed by atoms with van der Waals surface area (Å²) >= 11 is 0. The predicted octanol–water partition coefficient (Wildman–Crippen LogP) is 1.92. The Morgan fingerprint density at radius 1 is 1.41 bits per heavy atom. The molecule has 2 aromatic rings. The highest BCUT2D eigenvalue weighted by Crippen LogP contribution is 2.22. The number of pyridine rings is 1. The van der Waals surface area contributed by atoms with E-state index in [-0.39, 0.29) is 12.1 Å². The molecule has 0 spiro atoms. The molecule has 0 radical (unpaired) electrons. The average Bonchev–Trinajstić information content (AvgIpc) is 3.00. The van der Waals surface area contributed by atoms with Crippen molar-refractivity contribution in [2.75, 3.05) is 23.8 Å². The van der Waals surface area contributed by atoms with Crippen molar-refractivity contribution in [1.82, 2.24) is 15.0 Å². The number of rotatable bonds is 4. The zero-order valence-corrected chi connectivity index (χ0v) is 12.6. The number of aromatic nitrogens is 3. The van der Waals surface area contributed by atoms with E-state index in [0.29, 0.717) is 29.6 Å². The van der Waals surface area contributed by atoms with Gasteiger partial charge in [-0.1, -0.05) is 0 Å². The topological polar surface area (TPSA) is 95.8 Å². The van der Waals surface area contributed by atoms with Gasteiger partial charge in [0.2, 0.25) is 5.95 Å². The van der Waals surface area contributed by atoms with Gasteiger partial charge in [0.15, 0.2) is 5.82 Å². The molecular weight excluding hydrogens is 280 g/mol. The van der Waals surface area contributed by atoms with Gasteiger partial charge in [-0.05, 0) is 26.3 Å². The van der Waals surface area contributed by atoms with Crippen molar-refractivity contribution in [1.29, 1.82) is 5.26 Å². The highest BCUT2D eigenvalue weighted by Gasteiger charge is 2.17. The lowest BCUT2D eigenvalue weighted by atomic mass is 10.2. The van der Waals surface area contributed by atoms with Crippen LogP contribution in [0.4, 0.5) is 11.8 Å². The average molecular weight is 298 g/mol. The number of ether oxygens (including phenoxy) is 1. The maximum absolute atomic E-state index is 9.09. The van der Waals surface area contributed by atoms with E-state index in [9.17, 15) is 0 Å². The molecule has 0 aliphatic carbocycles. The lowest BCUT2D eigenvalue weighted by Crippen LogP contribution is -2.20. The number of nitrogens with one attached hydrogen (secondary N) is 2. The third-order valence-electron chi connectivity index (χ3n) is 3.37. The second-order valence-corrected chi connectivity index (χ2v) is 5.60. The van der Waals surface area contributed by atoms with E-state index in [1.807, 2.05) is 13.8 Å². The first-order valence-corrected chi connectivity index (χ1v) is 7.34. The van der Waals surface area contributed by atoms with Crippen LogP contribution in [0.5, 0.6) is 0 Å². The lowest BCUT2D eigenvalue weighted by molar-refractivity contribution is 0.195. The van der Waals surface area contributed by atoms with Gasteiger partial charge in [-0.3, -0.25) is 0 Å². The standard InChI is InChI=1S/C15H18N6O/c1-9(2)18-14-13-10(5-12(6-16)19-14)7-17-15(21-13)20-11-3-4-22-8-11/h5,7,9,11H,3-4,8H2,1-2H3,(H,18,19)(H,17,20,21)/t11-/m1/s1. The number of hydrogen-bond acceptors (Lipinski definition) is 7. The molecule has 1 saturated heterocycles. The summed E-state index contributed by atoms with van der Waals surface area (Å²) in [6.45, 7) is 5.47. The number of fused-ring (bicyclic) bond motifs is 1. The van der Waals surface area contributed by atoms with Gasteiger partial charge in [0.25, 0.3) is 0 Å². The summed E-state index contributed by atoms with van der Waals surface area (Å²) in [4.78, 5) is 13.2. The van der Waals surface area contributed by atoms with Crippen LogP contribution in [0, 0.1) is 11.3 Å². The third-order valence-corrected chi connectivity index (χ3v) is 3.37. The first-order chi connectivity index (χ1) is 10.7. The predicted molar refractivity (Wildman–Crippen MR) is 83.7 cm³/mol. The summed E-state index contributed by atoms with van der Waals surface area (Å²) in [5, 5.41) is 16.4. The maximum Gasteiger partial charge on any atom is 0.223 e. The Morgan fingerprint density at radius 2 is 2.27 bits per heavy atom. The molecule has 0 bridgehead atoms. The highest BCUT2D eigenvalue weighted by molar-refractivity contribution is 5.89. The zero-order chi connectivity index (χ0) is 15.5. The van der Waals surface area contributed by atoms with Crippen LogP contribution in [0.25, 0.3) is 10.9 Å². The van der Waals surface area contributed by atoms with Crippen molar-refractivity contribution in [2.45, 2.75) is 32.4 Å². The molecule has 0 saturated carbocycles. The number of hydrogen-bond donors (Lipinski definition) is 2. The van der Waals surface area contributed by atoms with Crippen molar-refractivity contribution in [2.24, 2.45) is 0 Å². The number of nitrogens with zero attached hydrogens (tertiary/aromatic N) is 4. The maximum atomic E-state index is 9.09. The van der Waals surface area contributed by atoms with Crippen molar-refractivity contribution in [3.63, 3.8) is 0 Å². The molecule has 3 rings (SSSR count).